The van der Waals surface area contributed by atoms with Crippen LogP contribution >= 0.6 is 0 Å². The second-order valence-corrected chi connectivity index (χ2v) is 3.84. The van der Waals surface area contributed by atoms with Gasteiger partial charge < -0.3 is 5.11 Å². The first-order valence-electron chi connectivity index (χ1n) is 5.34. The molecule has 0 spiro atoms. The third-order valence-electron chi connectivity index (χ3n) is 2.60. The van der Waals surface area contributed by atoms with Crippen LogP contribution in [0.5, 0.6) is 0 Å². The number of aliphatic hydroxyl groups is 1. The molecule has 0 aliphatic rings. The molecule has 17 heavy (non-hydrogen) atoms. The summed E-state index contributed by atoms with van der Waals surface area (Å²) in [4.78, 5) is 0. The Labute approximate surface area is 98.3 Å². The molecule has 1 nitrogen and oxygen atoms in total. The zero-order chi connectivity index (χ0) is 12.3. The predicted octanol–water partition coefficient (Wildman–Crippen LogP) is 3.24. The predicted molar refractivity (Wildman–Crippen MR) is 61.5 cm³/mol. The van der Waals surface area contributed by atoms with Crippen molar-refractivity contribution in [2.24, 2.45) is 0 Å². The summed E-state index contributed by atoms with van der Waals surface area (Å²) in [6.07, 6.45) is -0.975. The Morgan fingerprint density at radius 2 is 1.47 bits per heavy atom. The summed E-state index contributed by atoms with van der Waals surface area (Å²) in [6.45, 7) is 0. The zero-order valence-electron chi connectivity index (χ0n) is 9.11. The van der Waals surface area contributed by atoms with Crippen molar-refractivity contribution in [3.8, 4) is 0 Å². The number of rotatable bonds is 3. The van der Waals surface area contributed by atoms with E-state index in [0.717, 1.165) is 17.7 Å². The van der Waals surface area contributed by atoms with E-state index in [9.17, 15) is 13.9 Å². The fourth-order valence-corrected chi connectivity index (χ4v) is 1.77. The lowest BCUT2D eigenvalue weighted by atomic mass is 10.0. The summed E-state index contributed by atoms with van der Waals surface area (Å²) in [7, 11) is 0. The van der Waals surface area contributed by atoms with E-state index in [1.165, 1.54) is 6.07 Å². The van der Waals surface area contributed by atoms with Crippen LogP contribution in [0.3, 0.4) is 0 Å². The summed E-state index contributed by atoms with van der Waals surface area (Å²) in [6, 6.07) is 12.7. The number of hydrogen-bond acceptors (Lipinski definition) is 1. The molecule has 1 unspecified atom stereocenters. The van der Waals surface area contributed by atoms with Crippen LogP contribution in [0, 0.1) is 11.6 Å². The van der Waals surface area contributed by atoms with Crippen molar-refractivity contribution in [2.45, 2.75) is 12.5 Å². The normalized spacial score (nSPS) is 12.4. The lowest BCUT2D eigenvalue weighted by Gasteiger charge is -2.12. The monoisotopic (exact) mass is 234 g/mol. The first kappa shape index (κ1) is 11.7. The van der Waals surface area contributed by atoms with Crippen molar-refractivity contribution >= 4 is 0 Å². The average molecular weight is 234 g/mol. The van der Waals surface area contributed by atoms with E-state index in [-0.39, 0.29) is 12.0 Å². The van der Waals surface area contributed by atoms with Gasteiger partial charge in [0.05, 0.1) is 11.7 Å². The Balaban J connectivity index is 2.23. The topological polar surface area (TPSA) is 20.2 Å². The molecule has 0 saturated carbocycles. The van der Waals surface area contributed by atoms with Gasteiger partial charge in [0.1, 0.15) is 11.6 Å². The maximum Gasteiger partial charge on any atom is 0.131 e. The van der Waals surface area contributed by atoms with Gasteiger partial charge in [0.15, 0.2) is 0 Å². The van der Waals surface area contributed by atoms with E-state index in [1.54, 1.807) is 0 Å². The number of benzene rings is 2. The van der Waals surface area contributed by atoms with Gasteiger partial charge in [0.2, 0.25) is 0 Å². The van der Waals surface area contributed by atoms with E-state index in [4.69, 9.17) is 0 Å². The van der Waals surface area contributed by atoms with Gasteiger partial charge in [0.25, 0.3) is 0 Å². The van der Waals surface area contributed by atoms with Crippen molar-refractivity contribution in [2.75, 3.05) is 0 Å². The van der Waals surface area contributed by atoms with Gasteiger partial charge in [-0.3, -0.25) is 0 Å². The van der Waals surface area contributed by atoms with Gasteiger partial charge in [-0.25, -0.2) is 8.78 Å². The molecule has 0 heterocycles. The minimum atomic E-state index is -1.17. The molecule has 0 radical (unpaired) electrons. The van der Waals surface area contributed by atoms with Crippen molar-refractivity contribution in [3.05, 3.63) is 71.3 Å². The standard InChI is InChI=1S/C14H12F2O/c15-11-7-4-8-12(16)14(11)13(17)9-10-5-2-1-3-6-10/h1-8,13,17H,9H2. The molecule has 2 aromatic carbocycles. The lowest BCUT2D eigenvalue weighted by molar-refractivity contribution is 0.168. The van der Waals surface area contributed by atoms with E-state index in [2.05, 4.69) is 0 Å². The van der Waals surface area contributed by atoms with Crippen LogP contribution in [0.2, 0.25) is 0 Å². The number of halogens is 2. The van der Waals surface area contributed by atoms with Gasteiger partial charge in [-0.1, -0.05) is 36.4 Å². The van der Waals surface area contributed by atoms with Crippen molar-refractivity contribution < 1.29 is 13.9 Å². The second kappa shape index (κ2) is 5.06. The van der Waals surface area contributed by atoms with Gasteiger partial charge in [0, 0.05) is 6.42 Å². The highest BCUT2D eigenvalue weighted by molar-refractivity contribution is 5.25. The van der Waals surface area contributed by atoms with E-state index < -0.39 is 17.7 Å². The molecule has 0 aromatic heterocycles. The minimum absolute atomic E-state index is 0.193. The molecule has 0 bridgehead atoms. The fourth-order valence-electron chi connectivity index (χ4n) is 1.77. The Kier molecular flexibility index (Phi) is 3.49. The van der Waals surface area contributed by atoms with Gasteiger partial charge >= 0.3 is 0 Å². The Hall–Kier alpha value is -1.74. The molecule has 0 aliphatic carbocycles. The number of hydrogen-bond donors (Lipinski definition) is 1. The van der Waals surface area contributed by atoms with Crippen molar-refractivity contribution in [3.63, 3.8) is 0 Å². The van der Waals surface area contributed by atoms with Crippen LogP contribution in [0.1, 0.15) is 17.2 Å². The van der Waals surface area contributed by atoms with E-state index in [1.807, 2.05) is 30.3 Å². The number of aliphatic hydroxyl groups excluding tert-OH is 1. The van der Waals surface area contributed by atoms with Gasteiger partial charge in [-0.2, -0.15) is 0 Å². The zero-order valence-corrected chi connectivity index (χ0v) is 9.11. The quantitative estimate of drug-likeness (QED) is 0.864. The molecule has 1 atom stereocenters. The molecule has 0 fully saturated rings. The van der Waals surface area contributed by atoms with Crippen LogP contribution in [0.15, 0.2) is 48.5 Å². The van der Waals surface area contributed by atoms with Gasteiger partial charge in [-0.05, 0) is 17.7 Å². The molecule has 88 valence electrons. The van der Waals surface area contributed by atoms with Crippen LogP contribution in [0.25, 0.3) is 0 Å². The van der Waals surface area contributed by atoms with Crippen molar-refractivity contribution in [1.29, 1.82) is 0 Å². The Morgan fingerprint density at radius 3 is 2.06 bits per heavy atom. The van der Waals surface area contributed by atoms with Crippen LogP contribution in [-0.2, 0) is 6.42 Å². The molecule has 2 rings (SSSR count). The molecule has 0 amide bonds. The third-order valence-corrected chi connectivity index (χ3v) is 2.60. The molecule has 2 aromatic rings. The summed E-state index contributed by atoms with van der Waals surface area (Å²) in [5, 5.41) is 9.86. The maximum atomic E-state index is 13.4. The van der Waals surface area contributed by atoms with Crippen LogP contribution in [-0.4, -0.2) is 5.11 Å². The fraction of sp³-hybridized carbons (Fsp3) is 0.143. The average Bonchev–Trinajstić information content (AvgIpc) is 2.30. The highest BCUT2D eigenvalue weighted by Gasteiger charge is 2.17. The molecular formula is C14H12F2O. The molecule has 0 saturated heterocycles. The summed E-state index contributed by atoms with van der Waals surface area (Å²) in [5.74, 6) is -1.43. The molecule has 0 aliphatic heterocycles. The third kappa shape index (κ3) is 2.68. The molecular weight excluding hydrogens is 222 g/mol. The molecule has 3 heteroatoms. The first-order chi connectivity index (χ1) is 8.18. The van der Waals surface area contributed by atoms with E-state index >= 15 is 0 Å². The lowest BCUT2D eigenvalue weighted by Crippen LogP contribution is -2.07. The van der Waals surface area contributed by atoms with Crippen LogP contribution in [0.4, 0.5) is 8.78 Å². The second-order valence-electron chi connectivity index (χ2n) is 3.84. The highest BCUT2D eigenvalue weighted by atomic mass is 19.1. The minimum Gasteiger partial charge on any atom is -0.388 e. The summed E-state index contributed by atoms with van der Waals surface area (Å²) in [5.41, 5.74) is 0.569. The van der Waals surface area contributed by atoms with Crippen LogP contribution < -0.4 is 0 Å². The summed E-state index contributed by atoms with van der Waals surface area (Å²) < 4.78 is 26.8. The van der Waals surface area contributed by atoms with Crippen molar-refractivity contribution in [1.82, 2.24) is 0 Å². The van der Waals surface area contributed by atoms with E-state index in [0.29, 0.717) is 0 Å². The Morgan fingerprint density at radius 1 is 0.882 bits per heavy atom. The maximum absolute atomic E-state index is 13.4. The largest absolute Gasteiger partial charge is 0.388 e. The SMILES string of the molecule is OC(Cc1ccccc1)c1c(F)cccc1F. The Bertz CT molecular complexity index is 477. The highest BCUT2D eigenvalue weighted by Crippen LogP contribution is 2.23. The summed E-state index contributed by atoms with van der Waals surface area (Å²) >= 11 is 0. The smallest absolute Gasteiger partial charge is 0.131 e. The van der Waals surface area contributed by atoms with Gasteiger partial charge in [-0.15, -0.1) is 0 Å². The first-order valence-corrected chi connectivity index (χ1v) is 5.34. The molecule has 1 N–H and O–H groups in total.